The van der Waals surface area contributed by atoms with E-state index in [0.29, 0.717) is 22.1 Å². The molecule has 6 nitrogen and oxygen atoms in total. The van der Waals surface area contributed by atoms with Gasteiger partial charge < -0.3 is 19.5 Å². The molecular formula is C20H23NO5S. The molecule has 1 atom stereocenters. The predicted octanol–water partition coefficient (Wildman–Crippen LogP) is 4.18. The number of anilines is 1. The average molecular weight is 389 g/mol. The number of benzene rings is 1. The van der Waals surface area contributed by atoms with Crippen LogP contribution >= 0.6 is 11.3 Å². The molecule has 0 radical (unpaired) electrons. The molecule has 0 saturated heterocycles. The first kappa shape index (κ1) is 19.2. The van der Waals surface area contributed by atoms with Gasteiger partial charge >= 0.3 is 5.97 Å². The van der Waals surface area contributed by atoms with Crippen LogP contribution in [0.5, 0.6) is 11.5 Å². The van der Waals surface area contributed by atoms with Gasteiger partial charge in [0.05, 0.1) is 0 Å². The third kappa shape index (κ3) is 4.42. The zero-order valence-electron chi connectivity index (χ0n) is 15.7. The maximum Gasteiger partial charge on any atom is 0.349 e. The second-order valence-electron chi connectivity index (χ2n) is 6.27. The number of rotatable bonds is 7. The quantitative estimate of drug-likeness (QED) is 0.719. The fourth-order valence-electron chi connectivity index (χ4n) is 2.80. The summed E-state index contributed by atoms with van der Waals surface area (Å²) in [6.07, 6.45) is 1.93. The lowest BCUT2D eigenvalue weighted by Crippen LogP contribution is -2.29. The minimum absolute atomic E-state index is 0.168. The molecule has 0 bridgehead atoms. The third-order valence-electron chi connectivity index (χ3n) is 4.25. The Morgan fingerprint density at radius 2 is 2.00 bits per heavy atom. The molecule has 0 spiro atoms. The zero-order valence-corrected chi connectivity index (χ0v) is 16.5. The van der Waals surface area contributed by atoms with Crippen molar-refractivity contribution in [3.05, 3.63) is 39.6 Å². The summed E-state index contributed by atoms with van der Waals surface area (Å²) in [5.74, 6) is 0.347. The summed E-state index contributed by atoms with van der Waals surface area (Å²) in [7, 11) is 0. The van der Waals surface area contributed by atoms with Gasteiger partial charge in [0.1, 0.15) is 4.88 Å². The van der Waals surface area contributed by atoms with Gasteiger partial charge in [-0.1, -0.05) is 20.3 Å². The monoisotopic (exact) mass is 389 g/mol. The SMILES string of the molecule is CCCc1sc(C(=O)O[C@@H](C)C(=O)Nc2ccc3c(c2)OCO3)cc1CC. The lowest BCUT2D eigenvalue weighted by molar-refractivity contribution is -0.123. The van der Waals surface area contributed by atoms with Gasteiger partial charge in [-0.3, -0.25) is 4.79 Å². The summed E-state index contributed by atoms with van der Waals surface area (Å²) < 4.78 is 15.9. The average Bonchev–Trinajstić information content (AvgIpc) is 3.28. The van der Waals surface area contributed by atoms with Crippen molar-refractivity contribution in [3.63, 3.8) is 0 Å². The molecule has 1 aliphatic heterocycles. The van der Waals surface area contributed by atoms with Gasteiger partial charge in [-0.05, 0) is 43.5 Å². The van der Waals surface area contributed by atoms with Gasteiger partial charge in [0.15, 0.2) is 17.6 Å². The van der Waals surface area contributed by atoms with Crippen molar-refractivity contribution in [1.29, 1.82) is 0 Å². The minimum Gasteiger partial charge on any atom is -0.454 e. The van der Waals surface area contributed by atoms with Crippen LogP contribution in [-0.4, -0.2) is 24.8 Å². The number of nitrogens with one attached hydrogen (secondary N) is 1. The molecule has 2 aromatic rings. The van der Waals surface area contributed by atoms with Gasteiger partial charge in [0.2, 0.25) is 6.79 Å². The molecule has 3 rings (SSSR count). The van der Waals surface area contributed by atoms with Crippen LogP contribution in [0.3, 0.4) is 0 Å². The maximum atomic E-state index is 12.4. The molecule has 0 unspecified atom stereocenters. The number of carbonyl (C=O) groups excluding carboxylic acids is 2. The number of esters is 1. The largest absolute Gasteiger partial charge is 0.454 e. The summed E-state index contributed by atoms with van der Waals surface area (Å²) in [4.78, 5) is 26.5. The van der Waals surface area contributed by atoms with E-state index in [4.69, 9.17) is 14.2 Å². The second-order valence-corrected chi connectivity index (χ2v) is 7.40. The molecule has 144 valence electrons. The van der Waals surface area contributed by atoms with Crippen LogP contribution in [0.25, 0.3) is 0 Å². The molecule has 1 N–H and O–H groups in total. The van der Waals surface area contributed by atoms with E-state index in [0.717, 1.165) is 19.3 Å². The van der Waals surface area contributed by atoms with E-state index in [-0.39, 0.29) is 6.79 Å². The van der Waals surface area contributed by atoms with Gasteiger partial charge in [-0.25, -0.2) is 4.79 Å². The Balaban J connectivity index is 1.61. The number of carbonyl (C=O) groups is 2. The van der Waals surface area contributed by atoms with E-state index in [1.807, 2.05) is 6.07 Å². The minimum atomic E-state index is -0.912. The number of aryl methyl sites for hydroxylation is 2. The number of amides is 1. The Morgan fingerprint density at radius 3 is 2.74 bits per heavy atom. The number of hydrogen-bond donors (Lipinski definition) is 1. The number of ether oxygens (including phenoxy) is 3. The first-order valence-electron chi connectivity index (χ1n) is 9.04. The molecule has 1 aromatic heterocycles. The fraction of sp³-hybridized carbons (Fsp3) is 0.400. The van der Waals surface area contributed by atoms with E-state index in [2.05, 4.69) is 19.2 Å². The normalized spacial score (nSPS) is 13.3. The zero-order chi connectivity index (χ0) is 19.4. The molecular weight excluding hydrogens is 366 g/mol. The molecule has 7 heteroatoms. The fourth-order valence-corrected chi connectivity index (χ4v) is 4.03. The van der Waals surface area contributed by atoms with Crippen LogP contribution in [0.1, 0.15) is 47.3 Å². The van der Waals surface area contributed by atoms with Crippen LogP contribution in [0.15, 0.2) is 24.3 Å². The molecule has 0 fully saturated rings. The van der Waals surface area contributed by atoms with Crippen molar-refractivity contribution >= 4 is 28.9 Å². The Hall–Kier alpha value is -2.54. The lowest BCUT2D eigenvalue weighted by atomic mass is 10.1. The van der Waals surface area contributed by atoms with Gasteiger partial charge in [-0.15, -0.1) is 11.3 Å². The Bertz CT molecular complexity index is 845. The van der Waals surface area contributed by atoms with Crippen LogP contribution in [0.4, 0.5) is 5.69 Å². The standard InChI is InChI=1S/C20H23NO5S/c1-4-6-17-13(5-2)9-18(27-17)20(23)26-12(3)19(22)21-14-7-8-15-16(10-14)25-11-24-15/h7-10,12H,4-6,11H2,1-3H3,(H,21,22)/t12-/m0/s1. The Labute approximate surface area is 162 Å². The van der Waals surface area contributed by atoms with Crippen molar-refractivity contribution in [1.82, 2.24) is 0 Å². The van der Waals surface area contributed by atoms with Crippen molar-refractivity contribution in [2.45, 2.75) is 46.1 Å². The van der Waals surface area contributed by atoms with Crippen LogP contribution < -0.4 is 14.8 Å². The summed E-state index contributed by atoms with van der Waals surface area (Å²) in [5, 5.41) is 2.73. The van der Waals surface area contributed by atoms with Gasteiger partial charge in [0, 0.05) is 16.6 Å². The van der Waals surface area contributed by atoms with Crippen LogP contribution in [0, 0.1) is 0 Å². The first-order valence-corrected chi connectivity index (χ1v) is 9.86. The number of fused-ring (bicyclic) bond motifs is 1. The predicted molar refractivity (Wildman–Crippen MR) is 104 cm³/mol. The number of thiophene rings is 1. The molecule has 1 aliphatic rings. The summed E-state index contributed by atoms with van der Waals surface area (Å²) in [6.45, 7) is 5.90. The van der Waals surface area contributed by atoms with E-state index in [9.17, 15) is 9.59 Å². The molecule has 27 heavy (non-hydrogen) atoms. The van der Waals surface area contributed by atoms with Crippen molar-refractivity contribution in [3.8, 4) is 11.5 Å². The Morgan fingerprint density at radius 1 is 1.22 bits per heavy atom. The Kier molecular flexibility index (Phi) is 6.01. The highest BCUT2D eigenvalue weighted by molar-refractivity contribution is 7.14. The molecule has 2 heterocycles. The third-order valence-corrected chi connectivity index (χ3v) is 5.47. The van der Waals surface area contributed by atoms with Crippen molar-refractivity contribution < 1.29 is 23.8 Å². The molecule has 0 saturated carbocycles. The first-order chi connectivity index (χ1) is 13.0. The highest BCUT2D eigenvalue weighted by Gasteiger charge is 2.22. The molecule has 0 aliphatic carbocycles. The van der Waals surface area contributed by atoms with Crippen LogP contribution in [-0.2, 0) is 22.4 Å². The number of hydrogen-bond acceptors (Lipinski definition) is 6. The highest BCUT2D eigenvalue weighted by Crippen LogP contribution is 2.34. The lowest BCUT2D eigenvalue weighted by Gasteiger charge is -2.13. The van der Waals surface area contributed by atoms with Gasteiger partial charge in [0.25, 0.3) is 5.91 Å². The van der Waals surface area contributed by atoms with Crippen molar-refractivity contribution in [2.24, 2.45) is 0 Å². The molecule has 1 aromatic carbocycles. The van der Waals surface area contributed by atoms with E-state index >= 15 is 0 Å². The van der Waals surface area contributed by atoms with Crippen molar-refractivity contribution in [2.75, 3.05) is 12.1 Å². The summed E-state index contributed by atoms with van der Waals surface area (Å²) >= 11 is 1.45. The highest BCUT2D eigenvalue weighted by atomic mass is 32.1. The maximum absolute atomic E-state index is 12.4. The van der Waals surface area contributed by atoms with Crippen LogP contribution in [0.2, 0.25) is 0 Å². The molecule has 1 amide bonds. The smallest absolute Gasteiger partial charge is 0.349 e. The summed E-state index contributed by atoms with van der Waals surface area (Å²) in [5.41, 5.74) is 1.73. The topological polar surface area (TPSA) is 73.9 Å². The van der Waals surface area contributed by atoms with E-state index in [1.165, 1.54) is 21.8 Å². The van der Waals surface area contributed by atoms with E-state index < -0.39 is 18.0 Å². The second kappa shape index (κ2) is 8.43. The van der Waals surface area contributed by atoms with Gasteiger partial charge in [-0.2, -0.15) is 0 Å². The van der Waals surface area contributed by atoms with E-state index in [1.54, 1.807) is 25.1 Å². The summed E-state index contributed by atoms with van der Waals surface area (Å²) in [6, 6.07) is 6.99.